The molecular weight excluding hydrogens is 370 g/mol. The van der Waals surface area contributed by atoms with Gasteiger partial charge in [0.2, 0.25) is 17.8 Å². The van der Waals surface area contributed by atoms with Gasteiger partial charge in [0.1, 0.15) is 11.5 Å². The molecule has 3 rings (SSSR count). The van der Waals surface area contributed by atoms with Crippen LogP contribution in [0.5, 0.6) is 11.5 Å². The second kappa shape index (κ2) is 7.93. The van der Waals surface area contributed by atoms with Crippen LogP contribution in [0.15, 0.2) is 60.8 Å². The van der Waals surface area contributed by atoms with E-state index in [9.17, 15) is 4.79 Å². The predicted octanol–water partition coefficient (Wildman–Crippen LogP) is 0.0314. The predicted molar refractivity (Wildman–Crippen MR) is 88.0 cm³/mol. The van der Waals surface area contributed by atoms with E-state index in [1.807, 2.05) is 53.2 Å². The van der Waals surface area contributed by atoms with Crippen LogP contribution >= 0.6 is 0 Å². The third-order valence-corrected chi connectivity index (χ3v) is 3.79. The van der Waals surface area contributed by atoms with Gasteiger partial charge < -0.3 is 26.5 Å². The fourth-order valence-electron chi connectivity index (χ4n) is 2.57. The highest BCUT2D eigenvalue weighted by Crippen LogP contribution is 2.18. The Bertz CT molecular complexity index is 864. The van der Waals surface area contributed by atoms with Gasteiger partial charge in [-0.3, -0.25) is 4.79 Å². The molecule has 0 aliphatic carbocycles. The maximum atomic E-state index is 12.5. The Morgan fingerprint density at radius 2 is 1.71 bits per heavy atom. The molecule has 0 aliphatic heterocycles. The summed E-state index contributed by atoms with van der Waals surface area (Å²) in [5.41, 5.74) is 1.63. The number of aromatic nitrogens is 1. The molecule has 1 aromatic heterocycles. The van der Waals surface area contributed by atoms with Crippen LogP contribution in [0.4, 0.5) is 0 Å². The van der Waals surface area contributed by atoms with E-state index < -0.39 is 0 Å². The smallest absolute Gasteiger partial charge is 0.227 e. The molecule has 0 saturated heterocycles. The summed E-state index contributed by atoms with van der Waals surface area (Å²) in [7, 11) is 3.24. The first-order valence-electron chi connectivity index (χ1n) is 7.35. The molecule has 0 aliphatic rings. The first-order valence-corrected chi connectivity index (χ1v) is 7.35. The minimum Gasteiger partial charge on any atom is -1.00 e. The highest BCUT2D eigenvalue weighted by molar-refractivity contribution is 5.95. The van der Waals surface area contributed by atoms with Gasteiger partial charge in [0, 0.05) is 17.7 Å². The van der Waals surface area contributed by atoms with Gasteiger partial charge in [-0.1, -0.05) is 12.1 Å². The van der Waals surface area contributed by atoms with Crippen molar-refractivity contribution in [3.05, 3.63) is 66.4 Å². The fraction of sp³-hybridized carbons (Fsp3) is 0.158. The molecule has 0 bridgehead atoms. The standard InChI is InChI=1S/C19H18NO3.BrH/c1-22-16-7-3-5-15(12-16)19(21)13-20-10-4-6-14-11-17(23-2)8-9-18(14)20;/h3-12H,13H2,1-2H3;1H/q+1;/p-1. The van der Waals surface area contributed by atoms with Crippen LogP contribution in [-0.4, -0.2) is 20.0 Å². The van der Waals surface area contributed by atoms with Gasteiger partial charge in [0.15, 0.2) is 6.20 Å². The first kappa shape index (κ1) is 17.9. The third kappa shape index (κ3) is 3.74. The lowest BCUT2D eigenvalue weighted by Gasteiger charge is -2.05. The van der Waals surface area contributed by atoms with Crippen LogP contribution in [0, 0.1) is 0 Å². The van der Waals surface area contributed by atoms with Crippen molar-refractivity contribution in [1.29, 1.82) is 0 Å². The lowest BCUT2D eigenvalue weighted by Crippen LogP contribution is -3.00. The molecule has 0 unspecified atom stereocenters. The summed E-state index contributed by atoms with van der Waals surface area (Å²) in [4.78, 5) is 12.5. The molecule has 5 heteroatoms. The zero-order valence-corrected chi connectivity index (χ0v) is 15.1. The minimum atomic E-state index is 0. The number of nitrogens with zero attached hydrogens (tertiary/aromatic N) is 1. The summed E-state index contributed by atoms with van der Waals surface area (Å²) >= 11 is 0. The van der Waals surface area contributed by atoms with E-state index in [1.165, 1.54) is 0 Å². The molecule has 2 aromatic carbocycles. The van der Waals surface area contributed by atoms with Gasteiger partial charge in [-0.05, 0) is 30.3 Å². The zero-order valence-electron chi connectivity index (χ0n) is 13.5. The van der Waals surface area contributed by atoms with Gasteiger partial charge in [-0.2, -0.15) is 4.57 Å². The molecule has 3 aromatic rings. The molecule has 0 saturated carbocycles. The number of benzene rings is 2. The van der Waals surface area contributed by atoms with Crippen LogP contribution in [0.25, 0.3) is 10.9 Å². The van der Waals surface area contributed by atoms with Crippen molar-refractivity contribution in [2.24, 2.45) is 0 Å². The molecule has 4 nitrogen and oxygen atoms in total. The van der Waals surface area contributed by atoms with Gasteiger partial charge in [0.05, 0.1) is 19.6 Å². The number of halogens is 1. The number of hydrogen-bond donors (Lipinski definition) is 0. The van der Waals surface area contributed by atoms with E-state index in [4.69, 9.17) is 9.47 Å². The van der Waals surface area contributed by atoms with Crippen LogP contribution in [0.1, 0.15) is 10.4 Å². The Labute approximate surface area is 151 Å². The molecule has 0 atom stereocenters. The molecule has 0 radical (unpaired) electrons. The Morgan fingerprint density at radius 1 is 0.958 bits per heavy atom. The van der Waals surface area contributed by atoms with Crippen molar-refractivity contribution in [3.8, 4) is 11.5 Å². The zero-order chi connectivity index (χ0) is 16.2. The normalized spacial score (nSPS) is 10.1. The molecule has 124 valence electrons. The number of hydrogen-bond acceptors (Lipinski definition) is 3. The van der Waals surface area contributed by atoms with Crippen LogP contribution in [0.2, 0.25) is 0 Å². The average molecular weight is 388 g/mol. The maximum Gasteiger partial charge on any atom is 0.227 e. The Balaban J connectivity index is 0.00000208. The lowest BCUT2D eigenvalue weighted by molar-refractivity contribution is -0.657. The van der Waals surface area contributed by atoms with Crippen LogP contribution in [0.3, 0.4) is 0 Å². The van der Waals surface area contributed by atoms with E-state index in [2.05, 4.69) is 0 Å². The number of carbonyl (C=O) groups excluding carboxylic acids is 1. The monoisotopic (exact) mass is 387 g/mol. The van der Waals surface area contributed by atoms with E-state index >= 15 is 0 Å². The van der Waals surface area contributed by atoms with Gasteiger partial charge in [-0.25, -0.2) is 0 Å². The van der Waals surface area contributed by atoms with Crippen molar-refractivity contribution in [3.63, 3.8) is 0 Å². The summed E-state index contributed by atoms with van der Waals surface area (Å²) in [5.74, 6) is 1.52. The molecule has 0 spiro atoms. The third-order valence-electron chi connectivity index (χ3n) is 3.79. The topological polar surface area (TPSA) is 39.4 Å². The summed E-state index contributed by atoms with van der Waals surface area (Å²) in [6.45, 7) is 0.275. The number of fused-ring (bicyclic) bond motifs is 1. The maximum absolute atomic E-state index is 12.5. The number of ether oxygens (including phenoxy) is 2. The van der Waals surface area contributed by atoms with Crippen molar-refractivity contribution in [2.45, 2.75) is 6.54 Å². The SMILES string of the molecule is COc1cccc(C(=O)C[n+]2cccc3cc(OC)ccc32)c1.[Br-]. The van der Waals surface area contributed by atoms with Crippen molar-refractivity contribution in [1.82, 2.24) is 0 Å². The minimum absolute atomic E-state index is 0. The average Bonchev–Trinajstić information content (AvgIpc) is 2.61. The number of rotatable bonds is 5. The first-order chi connectivity index (χ1) is 11.2. The summed E-state index contributed by atoms with van der Waals surface area (Å²) < 4.78 is 12.4. The number of methoxy groups -OCH3 is 2. The van der Waals surface area contributed by atoms with Crippen LogP contribution < -0.4 is 31.0 Å². The van der Waals surface area contributed by atoms with Crippen molar-refractivity contribution >= 4 is 16.7 Å². The second-order valence-corrected chi connectivity index (χ2v) is 5.22. The Kier molecular flexibility index (Phi) is 5.93. The Hall–Kier alpha value is -2.40. The molecule has 24 heavy (non-hydrogen) atoms. The van der Waals surface area contributed by atoms with E-state index in [-0.39, 0.29) is 29.3 Å². The summed E-state index contributed by atoms with van der Waals surface area (Å²) in [5, 5.41) is 1.03. The Morgan fingerprint density at radius 3 is 2.46 bits per heavy atom. The quantitative estimate of drug-likeness (QED) is 0.458. The second-order valence-electron chi connectivity index (χ2n) is 5.22. The summed E-state index contributed by atoms with van der Waals surface area (Å²) in [6.07, 6.45) is 1.91. The van der Waals surface area contributed by atoms with E-state index in [1.54, 1.807) is 26.4 Å². The lowest BCUT2D eigenvalue weighted by atomic mass is 10.1. The molecule has 0 fully saturated rings. The molecule has 0 amide bonds. The number of carbonyl (C=O) groups is 1. The molecule has 1 heterocycles. The number of Topliss-reactive ketones (excluding diaryl/α,β-unsaturated/α-hetero) is 1. The number of ketones is 1. The van der Waals surface area contributed by atoms with Crippen molar-refractivity contribution < 1.29 is 35.8 Å². The summed E-state index contributed by atoms with van der Waals surface area (Å²) in [6, 6.07) is 17.0. The van der Waals surface area contributed by atoms with E-state index in [0.717, 1.165) is 16.7 Å². The van der Waals surface area contributed by atoms with Crippen LogP contribution in [-0.2, 0) is 6.54 Å². The van der Waals surface area contributed by atoms with Gasteiger partial charge in [0.25, 0.3) is 0 Å². The fourth-order valence-corrected chi connectivity index (χ4v) is 2.57. The number of pyridine rings is 1. The molecular formula is C19H18BrNO3. The van der Waals surface area contributed by atoms with Crippen molar-refractivity contribution in [2.75, 3.05) is 14.2 Å². The highest BCUT2D eigenvalue weighted by atomic mass is 79.9. The van der Waals surface area contributed by atoms with E-state index in [0.29, 0.717) is 11.3 Å². The van der Waals surface area contributed by atoms with Gasteiger partial charge in [-0.15, -0.1) is 0 Å². The molecule has 0 N–H and O–H groups in total. The highest BCUT2D eigenvalue weighted by Gasteiger charge is 2.16. The van der Waals surface area contributed by atoms with Gasteiger partial charge >= 0.3 is 0 Å². The largest absolute Gasteiger partial charge is 1.00 e.